The second-order valence-corrected chi connectivity index (χ2v) is 5.66. The molecule has 4 heteroatoms. The minimum Gasteiger partial charge on any atom is -0.326 e. The van der Waals surface area contributed by atoms with E-state index in [0.717, 1.165) is 49.2 Å². The number of carbonyl (C=O) groups is 2. The van der Waals surface area contributed by atoms with Crippen LogP contribution >= 0.6 is 0 Å². The number of rotatable bonds is 4. The van der Waals surface area contributed by atoms with Crippen LogP contribution < -0.4 is 10.2 Å². The molecule has 1 heterocycles. The monoisotopic (exact) mass is 272 g/mol. The zero-order valence-electron chi connectivity index (χ0n) is 11.8. The second-order valence-electron chi connectivity index (χ2n) is 5.66. The predicted molar refractivity (Wildman–Crippen MR) is 78.8 cm³/mol. The van der Waals surface area contributed by atoms with E-state index in [1.165, 1.54) is 0 Å². The fraction of sp³-hybridized carbons (Fsp3) is 0.500. The quantitative estimate of drug-likeness (QED) is 0.916. The lowest BCUT2D eigenvalue weighted by molar-refractivity contribution is -0.119. The molecule has 1 saturated carbocycles. The van der Waals surface area contributed by atoms with Crippen LogP contribution in [0.25, 0.3) is 0 Å². The highest BCUT2D eigenvalue weighted by molar-refractivity contribution is 5.99. The van der Waals surface area contributed by atoms with Crippen LogP contribution in [0, 0.1) is 5.92 Å². The molecule has 0 radical (unpaired) electrons. The molecule has 0 atom stereocenters. The third kappa shape index (κ3) is 2.55. The standard InChI is InChI=1S/C16H20N2O2/c1-2-3-15(19)17-13-6-7-14-12(10-13)8-9-18(14)16(20)11-4-5-11/h6-7,10-11H,2-5,8-9H2,1H3,(H,17,19). The normalized spacial score (nSPS) is 16.9. The highest BCUT2D eigenvalue weighted by Crippen LogP contribution is 2.37. The molecule has 2 amide bonds. The van der Waals surface area contributed by atoms with Crippen molar-refractivity contribution in [3.05, 3.63) is 23.8 Å². The van der Waals surface area contributed by atoms with Gasteiger partial charge in [0.1, 0.15) is 0 Å². The Hall–Kier alpha value is -1.84. The van der Waals surface area contributed by atoms with Crippen molar-refractivity contribution >= 4 is 23.2 Å². The molecule has 4 nitrogen and oxygen atoms in total. The molecule has 0 aromatic heterocycles. The molecular formula is C16H20N2O2. The maximum Gasteiger partial charge on any atom is 0.230 e. The fourth-order valence-corrected chi connectivity index (χ4v) is 2.71. The number of anilines is 2. The van der Waals surface area contributed by atoms with Crippen LogP contribution in [0.1, 0.15) is 38.2 Å². The van der Waals surface area contributed by atoms with Crippen LogP contribution in [0.4, 0.5) is 11.4 Å². The van der Waals surface area contributed by atoms with Gasteiger partial charge in [-0.15, -0.1) is 0 Å². The maximum atomic E-state index is 12.2. The average molecular weight is 272 g/mol. The van der Waals surface area contributed by atoms with Crippen molar-refractivity contribution in [1.82, 2.24) is 0 Å². The van der Waals surface area contributed by atoms with Gasteiger partial charge in [0.05, 0.1) is 0 Å². The summed E-state index contributed by atoms with van der Waals surface area (Å²) < 4.78 is 0. The molecule has 1 aromatic rings. The lowest BCUT2D eigenvalue weighted by Crippen LogP contribution is -2.30. The third-order valence-corrected chi connectivity index (χ3v) is 3.93. The first kappa shape index (κ1) is 13.2. The summed E-state index contributed by atoms with van der Waals surface area (Å²) in [6, 6.07) is 5.86. The summed E-state index contributed by atoms with van der Waals surface area (Å²) in [5, 5.41) is 2.91. The first-order valence-electron chi connectivity index (χ1n) is 7.43. The van der Waals surface area contributed by atoms with Crippen LogP contribution in [-0.4, -0.2) is 18.4 Å². The Morgan fingerprint density at radius 3 is 2.85 bits per heavy atom. The summed E-state index contributed by atoms with van der Waals surface area (Å²) in [5.74, 6) is 0.577. The van der Waals surface area contributed by atoms with E-state index < -0.39 is 0 Å². The lowest BCUT2D eigenvalue weighted by Gasteiger charge is -2.17. The molecule has 0 spiro atoms. The van der Waals surface area contributed by atoms with Gasteiger partial charge in [0.15, 0.2) is 0 Å². The van der Waals surface area contributed by atoms with Crippen LogP contribution in [0.15, 0.2) is 18.2 Å². The van der Waals surface area contributed by atoms with Gasteiger partial charge in [-0.3, -0.25) is 9.59 Å². The Labute approximate surface area is 119 Å². The van der Waals surface area contributed by atoms with Crippen molar-refractivity contribution in [2.75, 3.05) is 16.8 Å². The number of benzene rings is 1. The van der Waals surface area contributed by atoms with Crippen molar-refractivity contribution in [3.8, 4) is 0 Å². The summed E-state index contributed by atoms with van der Waals surface area (Å²) in [6.45, 7) is 2.76. The summed E-state index contributed by atoms with van der Waals surface area (Å²) in [5.41, 5.74) is 3.02. The molecule has 1 aromatic carbocycles. The molecular weight excluding hydrogens is 252 g/mol. The van der Waals surface area contributed by atoms with Crippen LogP contribution in [-0.2, 0) is 16.0 Å². The molecule has 1 aliphatic carbocycles. The Kier molecular flexibility index (Phi) is 3.47. The Morgan fingerprint density at radius 1 is 1.35 bits per heavy atom. The van der Waals surface area contributed by atoms with Gasteiger partial charge in [0.25, 0.3) is 0 Å². The van der Waals surface area contributed by atoms with Crippen molar-refractivity contribution in [3.63, 3.8) is 0 Å². The highest BCUT2D eigenvalue weighted by Gasteiger charge is 2.36. The number of hydrogen-bond acceptors (Lipinski definition) is 2. The van der Waals surface area contributed by atoms with E-state index in [0.29, 0.717) is 6.42 Å². The van der Waals surface area contributed by atoms with Gasteiger partial charge in [0, 0.05) is 30.3 Å². The van der Waals surface area contributed by atoms with Crippen molar-refractivity contribution in [1.29, 1.82) is 0 Å². The maximum absolute atomic E-state index is 12.2. The Bertz CT molecular complexity index is 549. The van der Waals surface area contributed by atoms with E-state index in [9.17, 15) is 9.59 Å². The largest absolute Gasteiger partial charge is 0.326 e. The minimum absolute atomic E-state index is 0.0522. The van der Waals surface area contributed by atoms with Gasteiger partial charge < -0.3 is 10.2 Å². The number of carbonyl (C=O) groups excluding carboxylic acids is 2. The van der Waals surface area contributed by atoms with E-state index >= 15 is 0 Å². The van der Waals surface area contributed by atoms with E-state index in [1.807, 2.05) is 30.0 Å². The van der Waals surface area contributed by atoms with Crippen molar-refractivity contribution < 1.29 is 9.59 Å². The van der Waals surface area contributed by atoms with Gasteiger partial charge in [-0.1, -0.05) is 6.92 Å². The molecule has 20 heavy (non-hydrogen) atoms. The second kappa shape index (κ2) is 5.27. The Morgan fingerprint density at radius 2 is 2.15 bits per heavy atom. The summed E-state index contributed by atoms with van der Waals surface area (Å²) in [4.78, 5) is 25.7. The number of amides is 2. The van der Waals surface area contributed by atoms with E-state index in [-0.39, 0.29) is 17.7 Å². The molecule has 3 rings (SSSR count). The predicted octanol–water partition coefficient (Wildman–Crippen LogP) is 2.72. The fourth-order valence-electron chi connectivity index (χ4n) is 2.71. The molecule has 0 bridgehead atoms. The molecule has 106 valence electrons. The smallest absolute Gasteiger partial charge is 0.230 e. The SMILES string of the molecule is CCCC(=O)Nc1ccc2c(c1)CCN2C(=O)C1CC1. The summed E-state index contributed by atoms with van der Waals surface area (Å²) in [6.07, 6.45) is 4.35. The highest BCUT2D eigenvalue weighted by atomic mass is 16.2. The number of hydrogen-bond donors (Lipinski definition) is 1. The van der Waals surface area contributed by atoms with E-state index in [2.05, 4.69) is 5.32 Å². The van der Waals surface area contributed by atoms with Crippen molar-refractivity contribution in [2.24, 2.45) is 5.92 Å². The van der Waals surface area contributed by atoms with Crippen LogP contribution in [0.2, 0.25) is 0 Å². The van der Waals surface area contributed by atoms with Gasteiger partial charge in [-0.25, -0.2) is 0 Å². The summed E-state index contributed by atoms with van der Waals surface area (Å²) in [7, 11) is 0. The van der Waals surface area contributed by atoms with Gasteiger partial charge in [0.2, 0.25) is 11.8 Å². The minimum atomic E-state index is 0.0522. The zero-order chi connectivity index (χ0) is 14.1. The first-order valence-corrected chi connectivity index (χ1v) is 7.43. The zero-order valence-corrected chi connectivity index (χ0v) is 11.8. The molecule has 2 aliphatic rings. The van der Waals surface area contributed by atoms with E-state index in [4.69, 9.17) is 0 Å². The molecule has 1 fully saturated rings. The first-order chi connectivity index (χ1) is 9.69. The average Bonchev–Trinajstić information content (AvgIpc) is 3.18. The lowest BCUT2D eigenvalue weighted by atomic mass is 10.1. The molecule has 0 unspecified atom stereocenters. The van der Waals surface area contributed by atoms with Crippen LogP contribution in [0.3, 0.4) is 0 Å². The van der Waals surface area contributed by atoms with Gasteiger partial charge in [-0.05, 0) is 49.4 Å². The van der Waals surface area contributed by atoms with Gasteiger partial charge in [-0.2, -0.15) is 0 Å². The number of nitrogens with zero attached hydrogens (tertiary/aromatic N) is 1. The third-order valence-electron chi connectivity index (χ3n) is 3.93. The van der Waals surface area contributed by atoms with Crippen LogP contribution in [0.5, 0.6) is 0 Å². The summed E-state index contributed by atoms with van der Waals surface area (Å²) >= 11 is 0. The molecule has 0 saturated heterocycles. The number of fused-ring (bicyclic) bond motifs is 1. The van der Waals surface area contributed by atoms with E-state index in [1.54, 1.807) is 0 Å². The topological polar surface area (TPSA) is 49.4 Å². The Balaban J connectivity index is 1.74. The van der Waals surface area contributed by atoms with Gasteiger partial charge >= 0.3 is 0 Å². The molecule has 1 N–H and O–H groups in total. The molecule has 1 aliphatic heterocycles. The van der Waals surface area contributed by atoms with Crippen molar-refractivity contribution in [2.45, 2.75) is 39.0 Å². The number of nitrogens with one attached hydrogen (secondary N) is 1.